The molecule has 0 radical (unpaired) electrons. The average molecular weight is 512 g/mol. The van der Waals surface area contributed by atoms with Crippen LogP contribution in [0, 0.1) is 13.8 Å². The van der Waals surface area contributed by atoms with Crippen LogP contribution in [0.4, 0.5) is 0 Å². The fourth-order valence-corrected chi connectivity index (χ4v) is 5.53. The van der Waals surface area contributed by atoms with Gasteiger partial charge in [-0.1, -0.05) is 48.0 Å². The minimum atomic E-state index is -1.11. The lowest BCUT2D eigenvalue weighted by Gasteiger charge is -2.33. The number of H-pyrrole nitrogens is 1. The molecule has 1 aliphatic heterocycles. The SMILES string of the molecule is Cc1ccc(-c2c3c(nc(C)c2[C@H](OC(C)(C)C)C(=O)O)CCN(CCc2c[nH]c4ccccc24)C3)cc1. The maximum atomic E-state index is 12.6. The fraction of sp³-hybridized carbons (Fsp3) is 0.375. The number of carboxylic acid groups (broad SMARTS) is 1. The lowest BCUT2D eigenvalue weighted by atomic mass is 9.87. The molecule has 0 unspecified atom stereocenters. The highest BCUT2D eigenvalue weighted by molar-refractivity contribution is 5.83. The Hall–Kier alpha value is -3.48. The van der Waals surface area contributed by atoms with Crippen molar-refractivity contribution in [3.05, 3.63) is 88.4 Å². The van der Waals surface area contributed by atoms with Gasteiger partial charge in [0, 0.05) is 60.1 Å². The molecule has 4 aromatic rings. The molecular weight excluding hydrogens is 474 g/mol. The number of hydrogen-bond acceptors (Lipinski definition) is 4. The third kappa shape index (κ3) is 5.38. The Morgan fingerprint density at radius 1 is 1.13 bits per heavy atom. The van der Waals surface area contributed by atoms with E-state index < -0.39 is 17.7 Å². The molecule has 0 aliphatic carbocycles. The number of aryl methyl sites for hydroxylation is 2. The number of ether oxygens (including phenoxy) is 1. The van der Waals surface area contributed by atoms with E-state index in [1.165, 1.54) is 10.9 Å². The van der Waals surface area contributed by atoms with Crippen molar-refractivity contribution >= 4 is 16.9 Å². The summed E-state index contributed by atoms with van der Waals surface area (Å²) in [6.45, 7) is 12.2. The maximum Gasteiger partial charge on any atom is 0.337 e. The van der Waals surface area contributed by atoms with Gasteiger partial charge in [-0.15, -0.1) is 0 Å². The van der Waals surface area contributed by atoms with Crippen molar-refractivity contribution < 1.29 is 14.6 Å². The first kappa shape index (κ1) is 26.1. The van der Waals surface area contributed by atoms with E-state index in [0.29, 0.717) is 5.56 Å². The number of pyridine rings is 1. The van der Waals surface area contributed by atoms with Crippen LogP contribution < -0.4 is 0 Å². The fourth-order valence-electron chi connectivity index (χ4n) is 5.53. The number of rotatable bonds is 7. The van der Waals surface area contributed by atoms with Crippen molar-refractivity contribution in [2.75, 3.05) is 13.1 Å². The summed E-state index contributed by atoms with van der Waals surface area (Å²) in [5.74, 6) is -0.995. The van der Waals surface area contributed by atoms with E-state index >= 15 is 0 Å². The molecule has 198 valence electrons. The minimum absolute atomic E-state index is 0.624. The molecule has 2 N–H and O–H groups in total. The van der Waals surface area contributed by atoms with E-state index in [0.717, 1.165) is 71.6 Å². The van der Waals surface area contributed by atoms with Gasteiger partial charge in [-0.2, -0.15) is 0 Å². The summed E-state index contributed by atoms with van der Waals surface area (Å²) in [5, 5.41) is 11.6. The molecule has 2 aromatic heterocycles. The predicted octanol–water partition coefficient (Wildman–Crippen LogP) is 6.39. The van der Waals surface area contributed by atoms with Crippen LogP contribution in [-0.4, -0.2) is 44.6 Å². The van der Waals surface area contributed by atoms with E-state index in [2.05, 4.69) is 71.5 Å². The van der Waals surface area contributed by atoms with Gasteiger partial charge in [-0.25, -0.2) is 4.79 Å². The van der Waals surface area contributed by atoms with Crippen LogP contribution in [0.3, 0.4) is 0 Å². The Bertz CT molecular complexity index is 1460. The lowest BCUT2D eigenvalue weighted by molar-refractivity contribution is -0.160. The summed E-state index contributed by atoms with van der Waals surface area (Å²) < 4.78 is 6.15. The summed E-state index contributed by atoms with van der Waals surface area (Å²) in [6, 6.07) is 16.8. The topological polar surface area (TPSA) is 78.5 Å². The zero-order chi connectivity index (χ0) is 27.0. The van der Waals surface area contributed by atoms with Gasteiger partial charge in [-0.3, -0.25) is 9.88 Å². The normalized spacial score (nSPS) is 15.0. The first-order valence-electron chi connectivity index (χ1n) is 13.4. The molecule has 6 heteroatoms. The third-order valence-electron chi connectivity index (χ3n) is 7.33. The van der Waals surface area contributed by atoms with Gasteiger partial charge in [0.25, 0.3) is 0 Å². The van der Waals surface area contributed by atoms with Gasteiger partial charge in [0.1, 0.15) is 0 Å². The van der Waals surface area contributed by atoms with Gasteiger partial charge < -0.3 is 14.8 Å². The number of benzene rings is 2. The Balaban J connectivity index is 1.54. The van der Waals surface area contributed by atoms with Crippen LogP contribution in [0.25, 0.3) is 22.0 Å². The van der Waals surface area contributed by atoms with Crippen LogP contribution in [0.5, 0.6) is 0 Å². The summed E-state index contributed by atoms with van der Waals surface area (Å²) in [6.07, 6.45) is 2.78. The molecule has 0 fully saturated rings. The summed E-state index contributed by atoms with van der Waals surface area (Å²) in [4.78, 5) is 23.4. The summed E-state index contributed by atoms with van der Waals surface area (Å²) in [7, 11) is 0. The van der Waals surface area contributed by atoms with Crippen molar-refractivity contribution in [1.82, 2.24) is 14.9 Å². The number of aromatic nitrogens is 2. The number of hydrogen-bond donors (Lipinski definition) is 2. The van der Waals surface area contributed by atoms with Gasteiger partial charge >= 0.3 is 5.97 Å². The highest BCUT2D eigenvalue weighted by atomic mass is 16.5. The number of aliphatic carboxylic acids is 1. The van der Waals surface area contributed by atoms with E-state index in [4.69, 9.17) is 9.72 Å². The van der Waals surface area contributed by atoms with E-state index in [9.17, 15) is 9.90 Å². The number of carboxylic acids is 1. The molecule has 6 nitrogen and oxygen atoms in total. The zero-order valence-corrected chi connectivity index (χ0v) is 23.0. The molecular formula is C32H37N3O3. The first-order chi connectivity index (χ1) is 18.1. The van der Waals surface area contributed by atoms with Gasteiger partial charge in [-0.05, 0) is 69.4 Å². The Kier molecular flexibility index (Phi) is 7.12. The van der Waals surface area contributed by atoms with E-state index in [1.807, 2.05) is 27.7 Å². The molecule has 0 saturated carbocycles. The van der Waals surface area contributed by atoms with Gasteiger partial charge in [0.15, 0.2) is 6.10 Å². The monoisotopic (exact) mass is 511 g/mol. The predicted molar refractivity (Wildman–Crippen MR) is 151 cm³/mol. The quantitative estimate of drug-likeness (QED) is 0.301. The molecule has 3 heterocycles. The lowest BCUT2D eigenvalue weighted by Crippen LogP contribution is -2.34. The molecule has 0 spiro atoms. The standard InChI is InChI=1S/C32H37N3O3/c1-20-10-12-22(13-11-20)29-25-19-35(16-14-23-18-33-26-9-7-6-8-24(23)26)17-15-27(25)34-21(2)28(29)30(31(36)37)38-32(3,4)5/h6-13,18,30,33H,14-17,19H2,1-5H3,(H,36,37)/t30-/m0/s1. The number of aromatic amines is 1. The van der Waals surface area contributed by atoms with Gasteiger partial charge in [0.2, 0.25) is 0 Å². The second kappa shape index (κ2) is 10.4. The summed E-state index contributed by atoms with van der Waals surface area (Å²) in [5.41, 5.74) is 8.55. The average Bonchev–Trinajstić information content (AvgIpc) is 3.28. The van der Waals surface area contributed by atoms with E-state index in [-0.39, 0.29) is 0 Å². The largest absolute Gasteiger partial charge is 0.479 e. The second-order valence-corrected chi connectivity index (χ2v) is 11.4. The molecule has 5 rings (SSSR count). The molecule has 0 saturated heterocycles. The van der Waals surface area contributed by atoms with Crippen LogP contribution in [-0.2, 0) is 28.9 Å². The summed E-state index contributed by atoms with van der Waals surface area (Å²) >= 11 is 0. The molecule has 1 atom stereocenters. The maximum absolute atomic E-state index is 12.6. The highest BCUT2D eigenvalue weighted by Gasteiger charge is 2.34. The number of nitrogens with zero attached hydrogens (tertiary/aromatic N) is 2. The van der Waals surface area contributed by atoms with Crippen LogP contribution >= 0.6 is 0 Å². The first-order valence-corrected chi connectivity index (χ1v) is 13.4. The van der Waals surface area contributed by atoms with Crippen LogP contribution in [0.15, 0.2) is 54.7 Å². The molecule has 0 bridgehead atoms. The Morgan fingerprint density at radius 2 is 1.87 bits per heavy atom. The minimum Gasteiger partial charge on any atom is -0.479 e. The van der Waals surface area contributed by atoms with Crippen molar-refractivity contribution in [3.63, 3.8) is 0 Å². The molecule has 38 heavy (non-hydrogen) atoms. The van der Waals surface area contributed by atoms with Crippen LogP contribution in [0.2, 0.25) is 0 Å². The molecule has 1 aliphatic rings. The number of nitrogens with one attached hydrogen (secondary N) is 1. The second-order valence-electron chi connectivity index (χ2n) is 11.4. The number of para-hydroxylation sites is 1. The Labute approximate surface area is 224 Å². The Morgan fingerprint density at radius 3 is 2.58 bits per heavy atom. The molecule has 0 amide bonds. The van der Waals surface area contributed by atoms with Crippen molar-refractivity contribution in [2.24, 2.45) is 0 Å². The number of fused-ring (bicyclic) bond motifs is 2. The van der Waals surface area contributed by atoms with Crippen molar-refractivity contribution in [3.8, 4) is 11.1 Å². The van der Waals surface area contributed by atoms with Gasteiger partial charge in [0.05, 0.1) is 5.60 Å². The third-order valence-corrected chi connectivity index (χ3v) is 7.33. The smallest absolute Gasteiger partial charge is 0.337 e. The number of carbonyl (C=O) groups is 1. The van der Waals surface area contributed by atoms with Crippen molar-refractivity contribution in [2.45, 2.75) is 65.7 Å². The van der Waals surface area contributed by atoms with E-state index in [1.54, 1.807) is 0 Å². The van der Waals surface area contributed by atoms with Crippen LogP contribution in [0.1, 0.15) is 60.5 Å². The van der Waals surface area contributed by atoms with Crippen molar-refractivity contribution in [1.29, 1.82) is 0 Å². The highest BCUT2D eigenvalue weighted by Crippen LogP contribution is 2.40. The zero-order valence-electron chi connectivity index (χ0n) is 23.0. The molecule has 2 aromatic carbocycles.